The minimum absolute atomic E-state index is 0.281. The van der Waals surface area contributed by atoms with E-state index in [0.29, 0.717) is 0 Å². The second-order valence-electron chi connectivity index (χ2n) is 4.67. The maximum absolute atomic E-state index is 12.0. The number of benzene rings is 1. The number of nitrogens with one attached hydrogen (secondary N) is 2. The third kappa shape index (κ3) is 2.86. The van der Waals surface area contributed by atoms with E-state index in [-0.39, 0.29) is 11.9 Å². The molecule has 102 valence electrons. The molecule has 1 aliphatic heterocycles. The lowest BCUT2D eigenvalue weighted by Crippen LogP contribution is -2.50. The highest BCUT2D eigenvalue weighted by Crippen LogP contribution is 2.28. The second kappa shape index (κ2) is 5.73. The van der Waals surface area contributed by atoms with Crippen molar-refractivity contribution in [1.82, 2.24) is 10.6 Å². The first-order valence-corrected chi connectivity index (χ1v) is 6.50. The molecule has 1 aromatic rings. The fourth-order valence-electron chi connectivity index (χ4n) is 2.39. The first kappa shape index (κ1) is 13.4. The summed E-state index contributed by atoms with van der Waals surface area (Å²) in [6, 6.07) is 7.27. The van der Waals surface area contributed by atoms with Crippen molar-refractivity contribution in [3.63, 3.8) is 0 Å². The zero-order valence-electron chi connectivity index (χ0n) is 11.3. The van der Waals surface area contributed by atoms with Crippen LogP contribution in [0.3, 0.4) is 0 Å². The summed E-state index contributed by atoms with van der Waals surface area (Å²) in [4.78, 5) is 25.3. The van der Waals surface area contributed by atoms with Gasteiger partial charge in [-0.1, -0.05) is 18.2 Å². The number of para-hydroxylation sites is 1. The molecule has 0 saturated heterocycles. The van der Waals surface area contributed by atoms with Crippen molar-refractivity contribution < 1.29 is 9.59 Å². The zero-order valence-corrected chi connectivity index (χ0v) is 11.3. The number of rotatable bonds is 2. The van der Waals surface area contributed by atoms with Crippen LogP contribution in [0, 0.1) is 0 Å². The Bertz CT molecular complexity index is 487. The maximum atomic E-state index is 12.0. The van der Waals surface area contributed by atoms with Crippen molar-refractivity contribution >= 4 is 17.6 Å². The van der Waals surface area contributed by atoms with Gasteiger partial charge in [0.05, 0.1) is 0 Å². The average molecular weight is 261 g/mol. The van der Waals surface area contributed by atoms with Crippen LogP contribution in [0.25, 0.3) is 0 Å². The monoisotopic (exact) mass is 261 g/mol. The fourth-order valence-corrected chi connectivity index (χ4v) is 2.39. The van der Waals surface area contributed by atoms with E-state index in [1.54, 1.807) is 0 Å². The number of anilines is 1. The first-order chi connectivity index (χ1) is 9.13. The van der Waals surface area contributed by atoms with Gasteiger partial charge in [0.1, 0.15) is 6.04 Å². The van der Waals surface area contributed by atoms with Crippen LogP contribution in [0.4, 0.5) is 10.5 Å². The van der Waals surface area contributed by atoms with Gasteiger partial charge >= 0.3 is 6.03 Å². The largest absolute Gasteiger partial charge is 0.360 e. The van der Waals surface area contributed by atoms with Crippen molar-refractivity contribution in [2.75, 3.05) is 18.5 Å². The Morgan fingerprint density at radius 1 is 1.32 bits per heavy atom. The smallest absolute Gasteiger partial charge is 0.321 e. The SMILES string of the molecule is CNC(=O)NC(=O)[C@H](C)N1CCCc2ccccc21. The van der Waals surface area contributed by atoms with Crippen LogP contribution in [-0.4, -0.2) is 31.6 Å². The Morgan fingerprint density at radius 2 is 2.05 bits per heavy atom. The molecule has 1 atom stereocenters. The van der Waals surface area contributed by atoms with Crippen molar-refractivity contribution in [3.05, 3.63) is 29.8 Å². The third-order valence-corrected chi connectivity index (χ3v) is 3.46. The predicted molar refractivity (Wildman–Crippen MR) is 74.2 cm³/mol. The average Bonchev–Trinajstić information content (AvgIpc) is 2.45. The highest BCUT2D eigenvalue weighted by Gasteiger charge is 2.26. The number of fused-ring (bicyclic) bond motifs is 1. The molecule has 0 aliphatic carbocycles. The van der Waals surface area contributed by atoms with Crippen LogP contribution in [0.1, 0.15) is 18.9 Å². The van der Waals surface area contributed by atoms with E-state index in [9.17, 15) is 9.59 Å². The quantitative estimate of drug-likeness (QED) is 0.843. The molecule has 5 nitrogen and oxygen atoms in total. The van der Waals surface area contributed by atoms with Gasteiger partial charge in [-0.25, -0.2) is 4.79 Å². The molecule has 1 aromatic carbocycles. The van der Waals surface area contributed by atoms with Crippen LogP contribution >= 0.6 is 0 Å². The number of carbonyl (C=O) groups is 2. The van der Waals surface area contributed by atoms with E-state index in [0.717, 1.165) is 25.1 Å². The summed E-state index contributed by atoms with van der Waals surface area (Å²) in [5.74, 6) is -0.281. The van der Waals surface area contributed by atoms with Gasteiger partial charge < -0.3 is 10.2 Å². The topological polar surface area (TPSA) is 61.4 Å². The Hall–Kier alpha value is -2.04. The third-order valence-electron chi connectivity index (χ3n) is 3.46. The van der Waals surface area contributed by atoms with E-state index in [4.69, 9.17) is 0 Å². The Labute approximate surface area is 113 Å². The van der Waals surface area contributed by atoms with Crippen molar-refractivity contribution in [3.8, 4) is 0 Å². The van der Waals surface area contributed by atoms with Gasteiger partial charge in [0, 0.05) is 19.3 Å². The maximum Gasteiger partial charge on any atom is 0.321 e. The molecule has 0 saturated carbocycles. The molecule has 0 aromatic heterocycles. The summed E-state index contributed by atoms with van der Waals surface area (Å²) < 4.78 is 0. The fraction of sp³-hybridized carbons (Fsp3) is 0.429. The first-order valence-electron chi connectivity index (χ1n) is 6.50. The van der Waals surface area contributed by atoms with Crippen molar-refractivity contribution in [2.45, 2.75) is 25.8 Å². The number of urea groups is 1. The standard InChI is InChI=1S/C14H19N3O2/c1-10(13(18)16-14(19)15-2)17-9-5-7-11-6-3-4-8-12(11)17/h3-4,6,8,10H,5,7,9H2,1-2H3,(H2,15,16,18,19)/t10-/m0/s1. The van der Waals surface area contributed by atoms with Gasteiger partial charge in [0.25, 0.3) is 0 Å². The van der Waals surface area contributed by atoms with Crippen molar-refractivity contribution in [1.29, 1.82) is 0 Å². The molecule has 3 amide bonds. The van der Waals surface area contributed by atoms with Crippen LogP contribution in [-0.2, 0) is 11.2 Å². The summed E-state index contributed by atoms with van der Waals surface area (Å²) in [7, 11) is 1.49. The molecule has 0 spiro atoms. The number of hydrogen-bond donors (Lipinski definition) is 2. The summed E-state index contributed by atoms with van der Waals surface area (Å²) in [5, 5.41) is 4.71. The van der Waals surface area contributed by atoms with Gasteiger partial charge in [0.2, 0.25) is 5.91 Å². The number of nitrogens with zero attached hydrogens (tertiary/aromatic N) is 1. The molecule has 0 radical (unpaired) electrons. The van der Waals surface area contributed by atoms with Gasteiger partial charge in [-0.15, -0.1) is 0 Å². The van der Waals surface area contributed by atoms with Crippen molar-refractivity contribution in [2.24, 2.45) is 0 Å². The van der Waals surface area contributed by atoms with E-state index in [2.05, 4.69) is 21.6 Å². The lowest BCUT2D eigenvalue weighted by Gasteiger charge is -2.35. The molecule has 19 heavy (non-hydrogen) atoms. The summed E-state index contributed by atoms with van der Waals surface area (Å²) in [6.45, 7) is 2.65. The number of carbonyl (C=O) groups excluding carboxylic acids is 2. The van der Waals surface area contributed by atoms with Gasteiger partial charge in [-0.2, -0.15) is 0 Å². The molecular weight excluding hydrogens is 242 g/mol. The summed E-state index contributed by atoms with van der Waals surface area (Å²) >= 11 is 0. The van der Waals surface area contributed by atoms with Gasteiger partial charge in [0.15, 0.2) is 0 Å². The molecule has 0 unspecified atom stereocenters. The summed E-state index contributed by atoms with van der Waals surface area (Å²) in [5.41, 5.74) is 2.35. The molecule has 2 rings (SSSR count). The van der Waals surface area contributed by atoms with Gasteiger partial charge in [-0.05, 0) is 31.4 Å². The Morgan fingerprint density at radius 3 is 2.79 bits per heavy atom. The van der Waals surface area contributed by atoms with Crippen LogP contribution < -0.4 is 15.5 Å². The van der Waals surface area contributed by atoms with Crippen LogP contribution in [0.2, 0.25) is 0 Å². The van der Waals surface area contributed by atoms with E-state index < -0.39 is 6.03 Å². The number of imide groups is 1. The molecule has 2 N–H and O–H groups in total. The lowest BCUT2D eigenvalue weighted by molar-refractivity contribution is -0.121. The molecular formula is C14H19N3O2. The summed E-state index contributed by atoms with van der Waals surface area (Å²) in [6.07, 6.45) is 2.06. The lowest BCUT2D eigenvalue weighted by atomic mass is 10.00. The number of hydrogen-bond acceptors (Lipinski definition) is 3. The van der Waals surface area contributed by atoms with E-state index in [1.807, 2.05) is 25.1 Å². The molecule has 1 heterocycles. The minimum atomic E-state index is -0.470. The van der Waals surface area contributed by atoms with Crippen LogP contribution in [0.5, 0.6) is 0 Å². The Balaban J connectivity index is 2.14. The zero-order chi connectivity index (χ0) is 13.8. The van der Waals surface area contributed by atoms with E-state index >= 15 is 0 Å². The van der Waals surface area contributed by atoms with E-state index in [1.165, 1.54) is 12.6 Å². The minimum Gasteiger partial charge on any atom is -0.360 e. The van der Waals surface area contributed by atoms with Gasteiger partial charge in [-0.3, -0.25) is 10.1 Å². The number of amides is 3. The molecule has 0 fully saturated rings. The number of aryl methyl sites for hydroxylation is 1. The molecule has 5 heteroatoms. The Kier molecular flexibility index (Phi) is 4.04. The molecule has 0 bridgehead atoms. The highest BCUT2D eigenvalue weighted by atomic mass is 16.2. The second-order valence-corrected chi connectivity index (χ2v) is 4.67. The predicted octanol–water partition coefficient (Wildman–Crippen LogP) is 1.28. The molecule has 1 aliphatic rings. The van der Waals surface area contributed by atoms with Crippen LogP contribution in [0.15, 0.2) is 24.3 Å². The normalized spacial score (nSPS) is 15.4. The highest BCUT2D eigenvalue weighted by molar-refractivity contribution is 5.98.